The number of nitrogens with zero attached hydrogens (tertiary/aromatic N) is 1. The van der Waals surface area contributed by atoms with Crippen molar-refractivity contribution in [1.82, 2.24) is 9.62 Å². The van der Waals surface area contributed by atoms with Gasteiger partial charge in [-0.05, 0) is 44.0 Å². The second-order valence-electron chi connectivity index (χ2n) is 5.34. The highest BCUT2D eigenvalue weighted by molar-refractivity contribution is 7.89. The van der Waals surface area contributed by atoms with Crippen molar-refractivity contribution >= 4 is 10.0 Å². The summed E-state index contributed by atoms with van der Waals surface area (Å²) in [5.41, 5.74) is 0.565. The van der Waals surface area contributed by atoms with Gasteiger partial charge in [-0.2, -0.15) is 4.31 Å². The third-order valence-corrected chi connectivity index (χ3v) is 5.69. The highest BCUT2D eigenvalue weighted by atomic mass is 32.2. The molecule has 1 unspecified atom stereocenters. The molecule has 112 valence electrons. The zero-order chi connectivity index (χ0) is 14.8. The van der Waals surface area contributed by atoms with E-state index in [1.807, 2.05) is 0 Å². The number of aryl methyl sites for hydroxylation is 1. The first kappa shape index (κ1) is 15.4. The van der Waals surface area contributed by atoms with Gasteiger partial charge in [0.1, 0.15) is 5.82 Å². The number of halogens is 1. The summed E-state index contributed by atoms with van der Waals surface area (Å²) >= 11 is 0. The Kier molecular flexibility index (Phi) is 4.78. The number of sulfonamides is 1. The maximum Gasteiger partial charge on any atom is 0.243 e. The fourth-order valence-electron chi connectivity index (χ4n) is 2.51. The SMILES string of the molecule is Cc1ccc(F)cc1S(=O)(=O)N(C)CC1CCCCN1. The van der Waals surface area contributed by atoms with Crippen LogP contribution in [0.15, 0.2) is 23.1 Å². The Morgan fingerprint density at radius 3 is 2.80 bits per heavy atom. The van der Waals surface area contributed by atoms with Gasteiger partial charge in [-0.1, -0.05) is 12.5 Å². The first-order chi connectivity index (χ1) is 9.41. The largest absolute Gasteiger partial charge is 0.313 e. The van der Waals surface area contributed by atoms with Crippen LogP contribution >= 0.6 is 0 Å². The fraction of sp³-hybridized carbons (Fsp3) is 0.571. The van der Waals surface area contributed by atoms with E-state index in [0.717, 1.165) is 31.9 Å². The standard InChI is InChI=1S/C14H21FN2O2S/c1-11-6-7-12(15)9-14(11)20(18,19)17(2)10-13-5-3-4-8-16-13/h6-7,9,13,16H,3-5,8,10H2,1-2H3. The number of likely N-dealkylation sites (N-methyl/N-ethyl adjacent to an activating group) is 1. The lowest BCUT2D eigenvalue weighted by Gasteiger charge is -2.28. The summed E-state index contributed by atoms with van der Waals surface area (Å²) in [6, 6.07) is 4.04. The van der Waals surface area contributed by atoms with Crippen LogP contribution in [0.25, 0.3) is 0 Å². The minimum absolute atomic E-state index is 0.0517. The van der Waals surface area contributed by atoms with Crippen LogP contribution in [0, 0.1) is 12.7 Å². The summed E-state index contributed by atoms with van der Waals surface area (Å²) in [4.78, 5) is 0.0517. The number of nitrogens with one attached hydrogen (secondary N) is 1. The summed E-state index contributed by atoms with van der Waals surface area (Å²) < 4.78 is 39.6. The molecule has 0 amide bonds. The molecule has 1 aliphatic rings. The zero-order valence-corrected chi connectivity index (χ0v) is 12.7. The Morgan fingerprint density at radius 2 is 2.15 bits per heavy atom. The Bertz CT molecular complexity index is 569. The lowest BCUT2D eigenvalue weighted by atomic mass is 10.1. The highest BCUT2D eigenvalue weighted by Gasteiger charge is 2.26. The van der Waals surface area contributed by atoms with E-state index in [0.29, 0.717) is 12.1 Å². The van der Waals surface area contributed by atoms with Crippen LogP contribution in [0.2, 0.25) is 0 Å². The van der Waals surface area contributed by atoms with Gasteiger partial charge >= 0.3 is 0 Å². The number of benzene rings is 1. The molecule has 1 aromatic carbocycles. The van der Waals surface area contributed by atoms with Crippen LogP contribution < -0.4 is 5.32 Å². The second-order valence-corrected chi connectivity index (χ2v) is 7.36. The lowest BCUT2D eigenvalue weighted by Crippen LogP contribution is -2.44. The minimum atomic E-state index is -3.64. The van der Waals surface area contributed by atoms with Crippen LogP contribution in [0.1, 0.15) is 24.8 Å². The van der Waals surface area contributed by atoms with E-state index in [1.165, 1.54) is 16.4 Å². The van der Waals surface area contributed by atoms with Gasteiger partial charge in [0.25, 0.3) is 0 Å². The number of hydrogen-bond acceptors (Lipinski definition) is 3. The zero-order valence-electron chi connectivity index (χ0n) is 11.9. The van der Waals surface area contributed by atoms with Crippen molar-refractivity contribution in [2.45, 2.75) is 37.1 Å². The van der Waals surface area contributed by atoms with Gasteiger partial charge in [0.2, 0.25) is 10.0 Å². The minimum Gasteiger partial charge on any atom is -0.313 e. The Balaban J connectivity index is 2.18. The molecule has 0 bridgehead atoms. The molecule has 6 heteroatoms. The molecule has 0 aromatic heterocycles. The quantitative estimate of drug-likeness (QED) is 0.924. The molecular weight excluding hydrogens is 279 g/mol. The molecule has 1 atom stereocenters. The monoisotopic (exact) mass is 300 g/mol. The third-order valence-electron chi connectivity index (χ3n) is 3.73. The van der Waals surface area contributed by atoms with Crippen molar-refractivity contribution in [3.63, 3.8) is 0 Å². The average molecular weight is 300 g/mol. The van der Waals surface area contributed by atoms with Gasteiger partial charge in [-0.15, -0.1) is 0 Å². The predicted octanol–water partition coefficient (Wildman–Crippen LogP) is 1.90. The van der Waals surface area contributed by atoms with Crippen LogP contribution in [0.4, 0.5) is 4.39 Å². The van der Waals surface area contributed by atoms with Crippen LogP contribution in [0.5, 0.6) is 0 Å². The van der Waals surface area contributed by atoms with E-state index in [4.69, 9.17) is 0 Å². The van der Waals surface area contributed by atoms with E-state index >= 15 is 0 Å². The first-order valence-electron chi connectivity index (χ1n) is 6.87. The number of hydrogen-bond donors (Lipinski definition) is 1. The molecule has 1 heterocycles. The van der Waals surface area contributed by atoms with Gasteiger partial charge in [-0.25, -0.2) is 12.8 Å². The van der Waals surface area contributed by atoms with E-state index in [-0.39, 0.29) is 10.9 Å². The lowest BCUT2D eigenvalue weighted by molar-refractivity contribution is 0.337. The van der Waals surface area contributed by atoms with E-state index in [2.05, 4.69) is 5.32 Å². The molecule has 0 saturated carbocycles. The summed E-state index contributed by atoms with van der Waals surface area (Å²) in [5.74, 6) is -0.529. The van der Waals surface area contributed by atoms with E-state index in [9.17, 15) is 12.8 Å². The molecule has 2 rings (SSSR count). The maximum absolute atomic E-state index is 13.3. The Morgan fingerprint density at radius 1 is 1.40 bits per heavy atom. The molecule has 1 N–H and O–H groups in total. The van der Waals surface area contributed by atoms with Crippen molar-refractivity contribution < 1.29 is 12.8 Å². The first-order valence-corrected chi connectivity index (χ1v) is 8.31. The Labute approximate surface area is 120 Å². The Hall–Kier alpha value is -0.980. The molecule has 0 spiro atoms. The average Bonchev–Trinajstić information content (AvgIpc) is 2.42. The topological polar surface area (TPSA) is 49.4 Å². The van der Waals surface area contributed by atoms with Crippen molar-refractivity contribution in [2.75, 3.05) is 20.1 Å². The fourth-order valence-corrected chi connectivity index (χ4v) is 3.96. The van der Waals surface area contributed by atoms with Crippen molar-refractivity contribution in [1.29, 1.82) is 0 Å². The smallest absolute Gasteiger partial charge is 0.243 e. The summed E-state index contributed by atoms with van der Waals surface area (Å²) in [7, 11) is -2.09. The number of piperidine rings is 1. The van der Waals surface area contributed by atoms with Crippen LogP contribution in [-0.4, -0.2) is 38.9 Å². The summed E-state index contributed by atoms with van der Waals surface area (Å²) in [6.45, 7) is 3.02. The molecule has 1 saturated heterocycles. The molecule has 4 nitrogen and oxygen atoms in total. The van der Waals surface area contributed by atoms with Crippen molar-refractivity contribution in [3.05, 3.63) is 29.6 Å². The molecule has 0 radical (unpaired) electrons. The molecule has 20 heavy (non-hydrogen) atoms. The van der Waals surface area contributed by atoms with E-state index < -0.39 is 15.8 Å². The normalized spacial score (nSPS) is 20.3. The van der Waals surface area contributed by atoms with Crippen LogP contribution in [-0.2, 0) is 10.0 Å². The molecule has 0 aliphatic carbocycles. The summed E-state index contributed by atoms with van der Waals surface area (Å²) in [5, 5.41) is 3.32. The van der Waals surface area contributed by atoms with Gasteiger partial charge in [-0.3, -0.25) is 0 Å². The molecule has 1 aliphatic heterocycles. The van der Waals surface area contributed by atoms with Crippen molar-refractivity contribution in [3.8, 4) is 0 Å². The molecular formula is C14H21FN2O2S. The molecule has 1 fully saturated rings. The molecule has 1 aromatic rings. The predicted molar refractivity (Wildman–Crippen MR) is 76.6 cm³/mol. The van der Waals surface area contributed by atoms with E-state index in [1.54, 1.807) is 14.0 Å². The van der Waals surface area contributed by atoms with Gasteiger partial charge < -0.3 is 5.32 Å². The highest BCUT2D eigenvalue weighted by Crippen LogP contribution is 2.21. The van der Waals surface area contributed by atoms with Gasteiger partial charge in [0.05, 0.1) is 4.90 Å². The summed E-state index contributed by atoms with van der Waals surface area (Å²) in [6.07, 6.45) is 3.22. The van der Waals surface area contributed by atoms with Crippen LogP contribution in [0.3, 0.4) is 0 Å². The third kappa shape index (κ3) is 3.37. The number of rotatable bonds is 4. The van der Waals surface area contributed by atoms with Gasteiger partial charge in [0, 0.05) is 19.6 Å². The maximum atomic E-state index is 13.3. The van der Waals surface area contributed by atoms with Crippen molar-refractivity contribution in [2.24, 2.45) is 0 Å². The van der Waals surface area contributed by atoms with Gasteiger partial charge in [0.15, 0.2) is 0 Å². The second kappa shape index (κ2) is 6.20.